The predicted octanol–water partition coefficient (Wildman–Crippen LogP) is -2.07. The van der Waals surface area contributed by atoms with Gasteiger partial charge in [-0.25, -0.2) is 4.79 Å². The zero-order valence-corrected chi connectivity index (χ0v) is 3.51. The molecule has 7 nitrogen and oxygen atoms in total. The molecule has 3 N–H and O–H groups in total. The van der Waals surface area contributed by atoms with Crippen molar-refractivity contribution in [2.24, 2.45) is 0 Å². The molecule has 0 aromatic rings. The van der Waals surface area contributed by atoms with Gasteiger partial charge in [-0.05, 0) is 0 Å². The molecule has 0 fully saturated rings. The molecule has 0 aromatic carbocycles. The topological polar surface area (TPSA) is 121 Å². The molecular formula is CH6LiNNa2O6. The summed E-state index contributed by atoms with van der Waals surface area (Å²) in [5, 5.41) is 27.6. The van der Waals surface area contributed by atoms with Crippen molar-refractivity contribution in [1.82, 2.24) is 0 Å². The van der Waals surface area contributed by atoms with E-state index in [1.807, 2.05) is 0 Å². The van der Waals surface area contributed by atoms with Crippen LogP contribution in [0.5, 0.6) is 0 Å². The van der Waals surface area contributed by atoms with Gasteiger partial charge in [-0.1, -0.05) is 0 Å². The Morgan fingerprint density at radius 1 is 1.27 bits per heavy atom. The third-order valence-corrected chi connectivity index (χ3v) is 0. The van der Waals surface area contributed by atoms with Crippen LogP contribution >= 0.6 is 0 Å². The Morgan fingerprint density at radius 3 is 1.27 bits per heavy atom. The van der Waals surface area contributed by atoms with E-state index in [1.165, 1.54) is 0 Å². The number of hydrogen-bond donors (Lipinski definition) is 3. The predicted molar refractivity (Wildman–Crippen MR) is 40.9 cm³/mol. The molecule has 0 aliphatic rings. The Labute approximate surface area is 118 Å². The van der Waals surface area contributed by atoms with Gasteiger partial charge < -0.3 is 15.4 Å². The quantitative estimate of drug-likeness (QED) is 0.224. The van der Waals surface area contributed by atoms with E-state index in [0.717, 1.165) is 0 Å². The number of carbonyl (C=O) groups is 1. The van der Waals surface area contributed by atoms with Crippen molar-refractivity contribution in [1.29, 1.82) is 0 Å². The van der Waals surface area contributed by atoms with Gasteiger partial charge in [-0.3, -0.25) is 0 Å². The normalized spacial score (nSPS) is 4.36. The van der Waals surface area contributed by atoms with Crippen molar-refractivity contribution >= 4 is 84.1 Å². The maximum atomic E-state index is 8.56. The Balaban J connectivity index is -0.0000000171. The second-order valence-electron chi connectivity index (χ2n) is 0.520. The summed E-state index contributed by atoms with van der Waals surface area (Å²) in [5.41, 5.74) is 0. The van der Waals surface area contributed by atoms with Crippen molar-refractivity contribution in [3.63, 3.8) is 0 Å². The molecule has 11 heavy (non-hydrogen) atoms. The number of hydrogen-bond acceptors (Lipinski definition) is 3. The fourth-order valence-corrected chi connectivity index (χ4v) is 0. The summed E-state index contributed by atoms with van der Waals surface area (Å²) >= 11 is 0. The third-order valence-electron chi connectivity index (χ3n) is 0. The summed E-state index contributed by atoms with van der Waals surface area (Å²) in [6.07, 6.45) is -1.83. The van der Waals surface area contributed by atoms with E-state index in [-0.39, 0.29) is 78.0 Å². The van der Waals surface area contributed by atoms with Gasteiger partial charge >= 0.3 is 84.1 Å². The van der Waals surface area contributed by atoms with Crippen LogP contribution in [-0.2, 0) is 0 Å². The molecule has 54 valence electrons. The molecule has 0 aromatic heterocycles. The second-order valence-corrected chi connectivity index (χ2v) is 0.520. The van der Waals surface area contributed by atoms with Crippen LogP contribution in [0.25, 0.3) is 0 Å². The summed E-state index contributed by atoms with van der Waals surface area (Å²) in [5.74, 6) is 0. The van der Waals surface area contributed by atoms with Gasteiger partial charge in [0, 0.05) is 0 Å². The standard InChI is InChI=1S/CH2O3.Li.HNO3.2Na.3H/c2-1(3)4;;2-1(3)4;;;;;/h(H2,2,3,4);;(H,2,3,4);;;;;. The van der Waals surface area contributed by atoms with E-state index < -0.39 is 11.2 Å². The first-order chi connectivity index (χ1) is 3.46. The first-order valence-corrected chi connectivity index (χ1v) is 1.22. The first kappa shape index (κ1) is 29.6. The van der Waals surface area contributed by atoms with Gasteiger partial charge in [-0.15, -0.1) is 10.1 Å². The molecular weight excluding hydrogens is 175 g/mol. The van der Waals surface area contributed by atoms with Gasteiger partial charge in [-0.2, -0.15) is 0 Å². The first-order valence-electron chi connectivity index (χ1n) is 1.22. The SMILES string of the molecule is O=C(O)O.O=[N+]([O-])O.[LiH].[NaH].[NaH]. The Kier molecular flexibility index (Phi) is 60.4. The van der Waals surface area contributed by atoms with Crippen LogP contribution in [0.2, 0.25) is 0 Å². The van der Waals surface area contributed by atoms with E-state index >= 15 is 0 Å². The minimum atomic E-state index is -1.83. The van der Waals surface area contributed by atoms with E-state index in [4.69, 9.17) is 30.3 Å². The second kappa shape index (κ2) is 22.5. The molecule has 0 saturated carbocycles. The van der Waals surface area contributed by atoms with Gasteiger partial charge in [0.15, 0.2) is 0 Å². The number of nitrogens with zero attached hydrogens (tertiary/aromatic N) is 1. The number of carboxylic acid groups (broad SMARTS) is 2. The Bertz CT molecular complexity index is 78.6. The molecule has 0 saturated heterocycles. The monoisotopic (exact) mass is 181 g/mol. The van der Waals surface area contributed by atoms with Gasteiger partial charge in [0.25, 0.3) is 5.09 Å². The maximum absolute atomic E-state index is 8.56. The summed E-state index contributed by atoms with van der Waals surface area (Å²) in [4.78, 5) is 16.9. The summed E-state index contributed by atoms with van der Waals surface area (Å²) in [7, 11) is 0. The van der Waals surface area contributed by atoms with Crippen LogP contribution in [0.4, 0.5) is 4.79 Å². The molecule has 0 amide bonds. The minimum absolute atomic E-state index is 0. The molecule has 0 atom stereocenters. The Hall–Kier alpha value is 1.07. The molecule has 0 aliphatic heterocycles. The van der Waals surface area contributed by atoms with Crippen LogP contribution in [-0.4, -0.2) is 105 Å². The zero-order valence-electron chi connectivity index (χ0n) is 3.51. The van der Waals surface area contributed by atoms with Crippen molar-refractivity contribution in [3.8, 4) is 0 Å². The molecule has 0 heterocycles. The molecule has 10 heteroatoms. The Morgan fingerprint density at radius 2 is 1.27 bits per heavy atom. The van der Waals surface area contributed by atoms with Gasteiger partial charge in [0.1, 0.15) is 0 Å². The van der Waals surface area contributed by atoms with Crippen molar-refractivity contribution < 1.29 is 25.3 Å². The van der Waals surface area contributed by atoms with Crippen LogP contribution < -0.4 is 0 Å². The van der Waals surface area contributed by atoms with E-state index in [9.17, 15) is 0 Å². The molecule has 0 unspecified atom stereocenters. The van der Waals surface area contributed by atoms with Gasteiger partial charge in [0.2, 0.25) is 0 Å². The average molecular weight is 181 g/mol. The molecule has 0 rings (SSSR count). The van der Waals surface area contributed by atoms with E-state index in [1.54, 1.807) is 0 Å². The summed E-state index contributed by atoms with van der Waals surface area (Å²) in [6.45, 7) is 0. The van der Waals surface area contributed by atoms with Crippen molar-refractivity contribution in [2.45, 2.75) is 0 Å². The summed E-state index contributed by atoms with van der Waals surface area (Å²) in [6, 6.07) is 0. The van der Waals surface area contributed by atoms with E-state index in [0.29, 0.717) is 0 Å². The molecule has 0 bridgehead atoms. The number of rotatable bonds is 0. The van der Waals surface area contributed by atoms with Crippen molar-refractivity contribution in [2.75, 3.05) is 0 Å². The molecule has 0 aliphatic carbocycles. The van der Waals surface area contributed by atoms with Crippen LogP contribution in [0, 0.1) is 10.1 Å². The molecule has 0 radical (unpaired) electrons. The van der Waals surface area contributed by atoms with Crippen LogP contribution in [0.3, 0.4) is 0 Å². The van der Waals surface area contributed by atoms with Crippen LogP contribution in [0.1, 0.15) is 0 Å². The fraction of sp³-hybridized carbons (Fsp3) is 0. The van der Waals surface area contributed by atoms with Gasteiger partial charge in [0.05, 0.1) is 0 Å². The average Bonchev–Trinajstić information content (AvgIpc) is 1.25. The third kappa shape index (κ3) is 799. The zero-order chi connectivity index (χ0) is 7.15. The summed E-state index contributed by atoms with van der Waals surface area (Å²) < 4.78 is 0. The molecule has 0 spiro atoms. The van der Waals surface area contributed by atoms with E-state index in [2.05, 4.69) is 0 Å². The van der Waals surface area contributed by atoms with Crippen molar-refractivity contribution in [3.05, 3.63) is 10.1 Å². The fourth-order valence-electron chi connectivity index (χ4n) is 0. The van der Waals surface area contributed by atoms with Crippen LogP contribution in [0.15, 0.2) is 0 Å².